The number of rotatable bonds is 3. The van der Waals surface area contributed by atoms with Gasteiger partial charge in [0.1, 0.15) is 17.5 Å². The van der Waals surface area contributed by atoms with Crippen LogP contribution in [0.4, 0.5) is 23.2 Å². The highest BCUT2D eigenvalue weighted by Crippen LogP contribution is 2.25. The molecule has 0 aliphatic rings. The third-order valence-corrected chi connectivity index (χ3v) is 2.51. The number of amidine groups is 1. The quantitative estimate of drug-likeness (QED) is 0.470. The summed E-state index contributed by atoms with van der Waals surface area (Å²) in [6, 6.07) is 4.16. The predicted octanol–water partition coefficient (Wildman–Crippen LogP) is 4.91. The third kappa shape index (κ3) is 7.49. The Hall–Kier alpha value is -2.31. The molecule has 0 saturated heterocycles. The number of aryl methyl sites for hydroxylation is 1. The first-order valence-corrected chi connectivity index (χ1v) is 6.91. The maximum atomic E-state index is 13.4. The van der Waals surface area contributed by atoms with Gasteiger partial charge in [0.2, 0.25) is 0 Å². The van der Waals surface area contributed by atoms with Gasteiger partial charge in [0, 0.05) is 11.3 Å². The topological polar surface area (TPSA) is 50.4 Å². The molecular weight excluding hydrogens is 310 g/mol. The lowest BCUT2D eigenvalue weighted by Gasteiger charge is -2.11. The molecule has 128 valence electrons. The van der Waals surface area contributed by atoms with Crippen molar-refractivity contribution in [2.24, 2.45) is 10.7 Å². The monoisotopic (exact) mass is 331 g/mol. The molecule has 0 atom stereocenters. The molecule has 0 amide bonds. The van der Waals surface area contributed by atoms with E-state index in [9.17, 15) is 17.6 Å². The third-order valence-electron chi connectivity index (χ3n) is 2.51. The van der Waals surface area contributed by atoms with Crippen molar-refractivity contribution in [2.75, 3.05) is 5.32 Å². The minimum absolute atomic E-state index is 0.170. The van der Waals surface area contributed by atoms with Gasteiger partial charge in [0.15, 0.2) is 0 Å². The SMILES string of the molecule is C=C(N)/N=C(\C=C(/C)C(F)(F)F)Nc1ccc(C)c(F)c1.CC. The first-order chi connectivity index (χ1) is 10.6. The second-order valence-corrected chi connectivity index (χ2v) is 4.40. The maximum Gasteiger partial charge on any atom is 0.412 e. The largest absolute Gasteiger partial charge is 0.412 e. The maximum absolute atomic E-state index is 13.4. The molecule has 3 nitrogen and oxygen atoms in total. The average molecular weight is 331 g/mol. The van der Waals surface area contributed by atoms with Gasteiger partial charge >= 0.3 is 6.18 Å². The number of hydrogen-bond acceptors (Lipinski definition) is 2. The van der Waals surface area contributed by atoms with E-state index in [1.807, 2.05) is 13.8 Å². The van der Waals surface area contributed by atoms with Gasteiger partial charge in [-0.25, -0.2) is 9.38 Å². The van der Waals surface area contributed by atoms with Crippen LogP contribution < -0.4 is 11.1 Å². The summed E-state index contributed by atoms with van der Waals surface area (Å²) in [5.74, 6) is -0.834. The van der Waals surface area contributed by atoms with E-state index < -0.39 is 17.6 Å². The summed E-state index contributed by atoms with van der Waals surface area (Å²) in [5, 5.41) is 2.57. The number of hydrogen-bond donors (Lipinski definition) is 2. The van der Waals surface area contributed by atoms with E-state index in [0.29, 0.717) is 5.56 Å². The molecule has 0 aliphatic heterocycles. The lowest BCUT2D eigenvalue weighted by molar-refractivity contribution is -0.0912. The lowest BCUT2D eigenvalue weighted by Crippen LogP contribution is -2.16. The Morgan fingerprint density at radius 1 is 1.30 bits per heavy atom. The molecule has 0 bridgehead atoms. The number of allylic oxidation sites excluding steroid dienone is 1. The van der Waals surface area contributed by atoms with E-state index in [4.69, 9.17) is 5.73 Å². The second-order valence-electron chi connectivity index (χ2n) is 4.40. The summed E-state index contributed by atoms with van der Waals surface area (Å²) in [4.78, 5) is 3.67. The highest BCUT2D eigenvalue weighted by atomic mass is 19.4. The fourth-order valence-corrected chi connectivity index (χ4v) is 1.36. The molecule has 0 radical (unpaired) electrons. The normalized spacial score (nSPS) is 12.3. The van der Waals surface area contributed by atoms with E-state index in [2.05, 4.69) is 16.9 Å². The van der Waals surface area contributed by atoms with Gasteiger partial charge in [-0.3, -0.25) is 0 Å². The minimum atomic E-state index is -4.49. The molecule has 1 aromatic rings. The Morgan fingerprint density at radius 2 is 1.87 bits per heavy atom. The number of halogens is 4. The summed E-state index contributed by atoms with van der Waals surface area (Å²) >= 11 is 0. The molecule has 23 heavy (non-hydrogen) atoms. The number of anilines is 1. The van der Waals surface area contributed by atoms with Crippen LogP contribution in [0.5, 0.6) is 0 Å². The number of nitrogens with two attached hydrogens (primary N) is 1. The standard InChI is InChI=1S/C14H15F4N3.C2H6/c1-8-4-5-11(7-12(8)15)21-13(20-10(3)19)6-9(2)14(16,17)18;1-2/h4-7H,3,19H2,1-2H3,(H,20,21);1-2H3/b9-6+;. The van der Waals surface area contributed by atoms with E-state index in [-0.39, 0.29) is 17.3 Å². The summed E-state index contributed by atoms with van der Waals surface area (Å²) in [7, 11) is 0. The Bertz CT molecular complexity index is 602. The molecule has 0 aliphatic carbocycles. The fourth-order valence-electron chi connectivity index (χ4n) is 1.36. The van der Waals surface area contributed by atoms with Crippen LogP contribution in [0, 0.1) is 12.7 Å². The number of alkyl halides is 3. The molecule has 0 heterocycles. The van der Waals surface area contributed by atoms with Crippen LogP contribution in [-0.2, 0) is 0 Å². The molecule has 7 heteroatoms. The van der Waals surface area contributed by atoms with Crippen molar-refractivity contribution in [1.82, 2.24) is 0 Å². The summed E-state index contributed by atoms with van der Waals surface area (Å²) in [6.07, 6.45) is -3.72. The highest BCUT2D eigenvalue weighted by Gasteiger charge is 2.30. The first kappa shape index (κ1) is 20.7. The van der Waals surface area contributed by atoms with E-state index in [1.165, 1.54) is 12.1 Å². The van der Waals surface area contributed by atoms with Gasteiger partial charge in [0.25, 0.3) is 0 Å². The van der Waals surface area contributed by atoms with Crippen LogP contribution in [0.3, 0.4) is 0 Å². The van der Waals surface area contributed by atoms with E-state index in [0.717, 1.165) is 19.1 Å². The molecule has 1 aromatic carbocycles. The van der Waals surface area contributed by atoms with Gasteiger partial charge < -0.3 is 11.1 Å². The van der Waals surface area contributed by atoms with Crippen LogP contribution >= 0.6 is 0 Å². The summed E-state index contributed by atoms with van der Waals surface area (Å²) in [6.45, 7) is 9.77. The van der Waals surface area contributed by atoms with Gasteiger partial charge in [-0.05, 0) is 37.6 Å². The zero-order chi connectivity index (χ0) is 18.2. The Labute approximate surface area is 133 Å². The van der Waals surface area contributed by atoms with Crippen molar-refractivity contribution in [3.05, 3.63) is 53.6 Å². The zero-order valence-corrected chi connectivity index (χ0v) is 13.6. The molecule has 3 N–H and O–H groups in total. The molecular formula is C16H21F4N3. The number of nitrogens with zero attached hydrogens (tertiary/aromatic N) is 1. The smallest absolute Gasteiger partial charge is 0.384 e. The average Bonchev–Trinajstić information content (AvgIpc) is 2.43. The predicted molar refractivity (Wildman–Crippen MR) is 86.7 cm³/mol. The summed E-state index contributed by atoms with van der Waals surface area (Å²) in [5.41, 5.74) is 5.08. The summed E-state index contributed by atoms with van der Waals surface area (Å²) < 4.78 is 51.0. The van der Waals surface area contributed by atoms with Crippen molar-refractivity contribution in [3.63, 3.8) is 0 Å². The zero-order valence-electron chi connectivity index (χ0n) is 13.6. The molecule has 1 rings (SSSR count). The molecule has 0 saturated carbocycles. The van der Waals surface area contributed by atoms with Crippen LogP contribution in [0.15, 0.2) is 47.2 Å². The first-order valence-electron chi connectivity index (χ1n) is 6.91. The number of nitrogens with one attached hydrogen (secondary N) is 1. The van der Waals surface area contributed by atoms with Crippen LogP contribution in [-0.4, -0.2) is 12.0 Å². The van der Waals surface area contributed by atoms with Crippen molar-refractivity contribution >= 4 is 11.5 Å². The van der Waals surface area contributed by atoms with Gasteiger partial charge in [-0.2, -0.15) is 13.2 Å². The molecule has 0 unspecified atom stereocenters. The lowest BCUT2D eigenvalue weighted by atomic mass is 10.2. The van der Waals surface area contributed by atoms with Crippen molar-refractivity contribution in [1.29, 1.82) is 0 Å². The van der Waals surface area contributed by atoms with Crippen molar-refractivity contribution in [2.45, 2.75) is 33.9 Å². The number of benzene rings is 1. The van der Waals surface area contributed by atoms with Crippen LogP contribution in [0.25, 0.3) is 0 Å². The second kappa shape index (κ2) is 8.97. The minimum Gasteiger partial charge on any atom is -0.384 e. The van der Waals surface area contributed by atoms with E-state index in [1.54, 1.807) is 6.92 Å². The Morgan fingerprint density at radius 3 is 2.30 bits per heavy atom. The Kier molecular flexibility index (Phi) is 8.07. The van der Waals surface area contributed by atoms with Gasteiger partial charge in [-0.1, -0.05) is 26.5 Å². The van der Waals surface area contributed by atoms with Crippen LogP contribution in [0.1, 0.15) is 26.3 Å². The molecule has 0 aromatic heterocycles. The fraction of sp³-hybridized carbons (Fsp3) is 0.312. The van der Waals surface area contributed by atoms with Crippen molar-refractivity contribution < 1.29 is 17.6 Å². The van der Waals surface area contributed by atoms with Gasteiger partial charge in [0.05, 0.1) is 0 Å². The Balaban J connectivity index is 0.00000232. The molecule has 0 spiro atoms. The highest BCUT2D eigenvalue weighted by molar-refractivity contribution is 6.04. The van der Waals surface area contributed by atoms with Crippen LogP contribution in [0.2, 0.25) is 0 Å². The number of aliphatic imine (C=N–C) groups is 1. The molecule has 0 fully saturated rings. The van der Waals surface area contributed by atoms with Crippen molar-refractivity contribution in [3.8, 4) is 0 Å². The van der Waals surface area contributed by atoms with E-state index >= 15 is 0 Å². The van der Waals surface area contributed by atoms with Gasteiger partial charge in [-0.15, -0.1) is 0 Å².